The number of ether oxygens (including phenoxy) is 1. The maximum atomic E-state index is 15.4. The molecule has 2 aliphatic heterocycles. The van der Waals surface area contributed by atoms with Gasteiger partial charge in [-0.15, -0.1) is 0 Å². The van der Waals surface area contributed by atoms with Crippen molar-refractivity contribution >= 4 is 55.3 Å². The van der Waals surface area contributed by atoms with E-state index in [1.54, 1.807) is 6.92 Å². The van der Waals surface area contributed by atoms with Crippen molar-refractivity contribution in [3.8, 4) is 5.88 Å². The van der Waals surface area contributed by atoms with E-state index in [-0.39, 0.29) is 43.8 Å². The van der Waals surface area contributed by atoms with E-state index in [0.717, 1.165) is 10.8 Å². The molecule has 14 nitrogen and oxygen atoms in total. The molecule has 4 amide bonds. The fourth-order valence-corrected chi connectivity index (χ4v) is 9.54. The summed E-state index contributed by atoms with van der Waals surface area (Å²) in [5, 5.41) is 7.12. The van der Waals surface area contributed by atoms with Gasteiger partial charge in [-0.25, -0.2) is 27.2 Å². The van der Waals surface area contributed by atoms with Crippen LogP contribution in [0.25, 0.3) is 21.7 Å². The molecule has 0 bridgehead atoms. The van der Waals surface area contributed by atoms with Crippen LogP contribution in [0.4, 0.5) is 8.78 Å². The number of nitrogens with zero attached hydrogens (tertiary/aromatic N) is 4. The van der Waals surface area contributed by atoms with E-state index in [2.05, 4.69) is 25.3 Å². The predicted molar refractivity (Wildman–Crippen MR) is 204 cm³/mol. The number of aromatic nitrogens is 3. The van der Waals surface area contributed by atoms with Crippen LogP contribution in [0, 0.1) is 12.8 Å². The number of alkyl halides is 2. The molecular formula is C40H43F2N7O7S. The average Bonchev–Trinajstić information content (AvgIpc) is 4.10. The second-order valence-corrected chi connectivity index (χ2v) is 17.7. The van der Waals surface area contributed by atoms with Gasteiger partial charge >= 0.3 is 0 Å². The fourth-order valence-electron chi connectivity index (χ4n) is 8.18. The van der Waals surface area contributed by atoms with Gasteiger partial charge in [-0.1, -0.05) is 49.2 Å². The Kier molecular flexibility index (Phi) is 10.1. The molecule has 17 heteroatoms. The van der Waals surface area contributed by atoms with Crippen molar-refractivity contribution < 1.29 is 41.1 Å². The zero-order valence-electron chi connectivity index (χ0n) is 31.2. The number of para-hydroxylation sites is 1. The highest BCUT2D eigenvalue weighted by Gasteiger charge is 2.65. The Morgan fingerprint density at radius 1 is 0.930 bits per heavy atom. The summed E-state index contributed by atoms with van der Waals surface area (Å²) in [6.07, 6.45) is 1.91. The first-order chi connectivity index (χ1) is 27.2. The van der Waals surface area contributed by atoms with Crippen molar-refractivity contribution in [3.63, 3.8) is 0 Å². The first-order valence-corrected chi connectivity index (χ1v) is 20.9. The number of halogens is 2. The lowest BCUT2D eigenvalue weighted by molar-refractivity contribution is -0.141. The van der Waals surface area contributed by atoms with E-state index in [1.807, 2.05) is 48.5 Å². The number of carbonyl (C=O) groups is 4. The number of fused-ring (bicyclic) bond motifs is 5. The number of nitrogens with one attached hydrogen (secondary N) is 3. The third-order valence-corrected chi connectivity index (χ3v) is 13.2. The lowest BCUT2D eigenvalue weighted by Crippen LogP contribution is -2.58. The van der Waals surface area contributed by atoms with Crippen molar-refractivity contribution in [2.75, 3.05) is 6.54 Å². The number of aryl methyl sites for hydroxylation is 1. The van der Waals surface area contributed by atoms with Crippen LogP contribution in [0.15, 0.2) is 60.9 Å². The minimum absolute atomic E-state index is 0.0293. The Morgan fingerprint density at radius 3 is 2.42 bits per heavy atom. The SMILES string of the molecule is Cc1cncc(C(=O)NC2CCCCCC(F)(F)CC3CC3(C(=O)NS(=O)(=O)C3CC3)NC(=O)C3CC(Oc4nc5ccccc5c5ccccc45)CN3C2=O)n1. The van der Waals surface area contributed by atoms with Gasteiger partial charge in [-0.2, -0.15) is 0 Å². The summed E-state index contributed by atoms with van der Waals surface area (Å²) in [4.78, 5) is 70.7. The van der Waals surface area contributed by atoms with Crippen LogP contribution >= 0.6 is 0 Å². The summed E-state index contributed by atoms with van der Waals surface area (Å²) in [6, 6.07) is 12.6. The van der Waals surface area contributed by atoms with E-state index in [0.29, 0.717) is 42.3 Å². The third kappa shape index (κ3) is 7.98. The second kappa shape index (κ2) is 14.9. The Bertz CT molecular complexity index is 2380. The van der Waals surface area contributed by atoms with Gasteiger partial charge in [0.2, 0.25) is 33.6 Å². The van der Waals surface area contributed by atoms with Crippen LogP contribution in [0.1, 0.15) is 80.4 Å². The van der Waals surface area contributed by atoms with Crippen molar-refractivity contribution in [3.05, 3.63) is 72.3 Å². The molecule has 0 spiro atoms. The van der Waals surface area contributed by atoms with Gasteiger partial charge in [-0.05, 0) is 62.5 Å². The van der Waals surface area contributed by atoms with Crippen molar-refractivity contribution in [2.45, 2.75) is 106 Å². The zero-order chi connectivity index (χ0) is 40.1. The largest absolute Gasteiger partial charge is 0.472 e. The van der Waals surface area contributed by atoms with Gasteiger partial charge in [0.1, 0.15) is 29.4 Å². The van der Waals surface area contributed by atoms with E-state index in [4.69, 9.17) is 9.72 Å². The molecule has 2 saturated carbocycles. The first kappa shape index (κ1) is 38.5. The maximum Gasteiger partial charge on any atom is 0.272 e. The summed E-state index contributed by atoms with van der Waals surface area (Å²) >= 11 is 0. The van der Waals surface area contributed by atoms with Crippen LogP contribution in [0.2, 0.25) is 0 Å². The minimum Gasteiger partial charge on any atom is -0.472 e. The highest BCUT2D eigenvalue weighted by atomic mass is 32.2. The van der Waals surface area contributed by atoms with E-state index >= 15 is 8.78 Å². The molecule has 300 valence electrons. The summed E-state index contributed by atoms with van der Waals surface area (Å²) in [7, 11) is -4.09. The van der Waals surface area contributed by atoms with Gasteiger partial charge < -0.3 is 20.3 Å². The Labute approximate surface area is 327 Å². The molecule has 4 aliphatic rings. The summed E-state index contributed by atoms with van der Waals surface area (Å²) < 4.78 is 65.2. The Morgan fingerprint density at radius 2 is 1.67 bits per heavy atom. The first-order valence-electron chi connectivity index (χ1n) is 19.3. The number of hydrogen-bond acceptors (Lipinski definition) is 10. The van der Waals surface area contributed by atoms with Crippen LogP contribution in [-0.4, -0.2) is 93.3 Å². The van der Waals surface area contributed by atoms with Crippen LogP contribution in [0.5, 0.6) is 5.88 Å². The van der Waals surface area contributed by atoms with Crippen molar-refractivity contribution in [2.24, 2.45) is 5.92 Å². The zero-order valence-corrected chi connectivity index (χ0v) is 32.1. The van der Waals surface area contributed by atoms with E-state index in [1.165, 1.54) is 17.3 Å². The number of carbonyl (C=O) groups excluding carboxylic acids is 4. The molecule has 4 heterocycles. The van der Waals surface area contributed by atoms with Crippen LogP contribution in [-0.2, 0) is 24.4 Å². The summed E-state index contributed by atoms with van der Waals surface area (Å²) in [5.74, 6) is -7.19. The third-order valence-electron chi connectivity index (χ3n) is 11.4. The number of amides is 4. The molecule has 2 aliphatic carbocycles. The summed E-state index contributed by atoms with van der Waals surface area (Å²) in [6.45, 7) is 1.54. The van der Waals surface area contributed by atoms with Gasteiger partial charge in [-0.3, -0.25) is 28.9 Å². The number of sulfonamides is 1. The van der Waals surface area contributed by atoms with Crippen molar-refractivity contribution in [1.29, 1.82) is 0 Å². The number of pyridine rings is 1. The molecule has 4 fully saturated rings. The van der Waals surface area contributed by atoms with E-state index < -0.39 is 87.3 Å². The van der Waals surface area contributed by atoms with Gasteiger partial charge in [0, 0.05) is 36.2 Å². The van der Waals surface area contributed by atoms with Gasteiger partial charge in [0.15, 0.2) is 0 Å². The topological polar surface area (TPSA) is 190 Å². The van der Waals surface area contributed by atoms with E-state index in [9.17, 15) is 27.6 Å². The monoisotopic (exact) mass is 803 g/mol. The lowest BCUT2D eigenvalue weighted by atomic mass is 10.00. The smallest absolute Gasteiger partial charge is 0.272 e. The molecule has 5 atom stereocenters. The molecule has 2 saturated heterocycles. The molecule has 4 aromatic rings. The summed E-state index contributed by atoms with van der Waals surface area (Å²) in [5.41, 5.74) is -0.826. The maximum absolute atomic E-state index is 15.4. The predicted octanol–water partition coefficient (Wildman–Crippen LogP) is 4.11. The quantitative estimate of drug-likeness (QED) is 0.230. The van der Waals surface area contributed by atoms with Crippen LogP contribution in [0.3, 0.4) is 0 Å². The number of hydrogen-bond donors (Lipinski definition) is 3. The average molecular weight is 804 g/mol. The highest BCUT2D eigenvalue weighted by Crippen LogP contribution is 2.51. The van der Waals surface area contributed by atoms with Crippen LogP contribution < -0.4 is 20.1 Å². The molecule has 2 aromatic carbocycles. The molecular weight excluding hydrogens is 761 g/mol. The number of benzene rings is 2. The standard InChI is InChI=1S/C40H43F2N7O7S/c1-23-20-43-21-32(44-23)34(50)45-31-13-3-2-8-16-39(41,42)18-24-19-40(24,38(53)48-57(54,55)26-14-15-26)47-35(51)33-17-25(22-49(33)37(31)52)56-36-29-11-5-4-9-27(29)28-10-6-7-12-30(28)46-36/h4-7,9-12,20-21,24-26,31,33H,2-3,8,13-19,22H2,1H3,(H,45,50)(H,47,51)(H,48,53). The molecule has 5 unspecified atom stereocenters. The molecule has 3 N–H and O–H groups in total. The Hall–Kier alpha value is -5.32. The molecule has 2 aromatic heterocycles. The van der Waals surface area contributed by atoms with Gasteiger partial charge in [0.25, 0.3) is 11.8 Å². The Balaban J connectivity index is 1.14. The lowest BCUT2D eigenvalue weighted by Gasteiger charge is -2.30. The molecule has 57 heavy (non-hydrogen) atoms. The normalized spacial score (nSPS) is 26.7. The van der Waals surface area contributed by atoms with Crippen molar-refractivity contribution in [1.82, 2.24) is 35.2 Å². The minimum atomic E-state index is -4.09. The molecule has 0 radical (unpaired) electrons. The highest BCUT2D eigenvalue weighted by molar-refractivity contribution is 7.91. The second-order valence-electron chi connectivity index (χ2n) is 15.7. The number of rotatable bonds is 7. The fraction of sp³-hybridized carbons (Fsp3) is 0.475. The van der Waals surface area contributed by atoms with Gasteiger partial charge in [0.05, 0.1) is 29.2 Å². The molecule has 8 rings (SSSR count).